The van der Waals surface area contributed by atoms with Crippen LogP contribution in [0.4, 0.5) is 0 Å². The molecule has 6 heteroatoms. The first-order valence-corrected chi connectivity index (χ1v) is 9.64. The maximum absolute atomic E-state index is 12.1. The van der Waals surface area contributed by atoms with Crippen LogP contribution in [0.5, 0.6) is 11.5 Å². The highest BCUT2D eigenvalue weighted by atomic mass is 16.5. The van der Waals surface area contributed by atoms with Gasteiger partial charge < -0.3 is 18.7 Å². The number of aryl methyl sites for hydroxylation is 2. The van der Waals surface area contributed by atoms with E-state index in [9.17, 15) is 4.79 Å². The molecule has 6 nitrogen and oxygen atoms in total. The molecule has 1 aromatic heterocycles. The lowest BCUT2D eigenvalue weighted by atomic mass is 10.1. The Morgan fingerprint density at radius 3 is 2.57 bits per heavy atom. The Morgan fingerprint density at radius 2 is 1.90 bits per heavy atom. The van der Waals surface area contributed by atoms with Crippen molar-refractivity contribution in [1.82, 2.24) is 5.16 Å². The average molecular weight is 407 g/mol. The minimum atomic E-state index is -0.413. The van der Waals surface area contributed by atoms with E-state index in [1.807, 2.05) is 57.2 Å². The van der Waals surface area contributed by atoms with Crippen molar-refractivity contribution in [3.8, 4) is 11.5 Å². The normalized spacial score (nSPS) is 12.0. The van der Waals surface area contributed by atoms with Crippen LogP contribution in [-0.4, -0.2) is 18.2 Å². The summed E-state index contributed by atoms with van der Waals surface area (Å²) >= 11 is 0. The molecule has 0 saturated carbocycles. The van der Waals surface area contributed by atoms with Gasteiger partial charge in [-0.25, -0.2) is 4.79 Å². The molecule has 0 unspecified atom stereocenters. The Balaban J connectivity index is 1.63. The van der Waals surface area contributed by atoms with Crippen LogP contribution in [0.2, 0.25) is 0 Å². The molecule has 1 atom stereocenters. The van der Waals surface area contributed by atoms with Crippen LogP contribution in [0.25, 0.3) is 6.08 Å². The number of hydrogen-bond acceptors (Lipinski definition) is 6. The first-order valence-electron chi connectivity index (χ1n) is 9.64. The average Bonchev–Trinajstić information content (AvgIpc) is 3.08. The Kier molecular flexibility index (Phi) is 6.91. The molecule has 0 aliphatic heterocycles. The molecule has 3 rings (SSSR count). The molecule has 0 aliphatic rings. The lowest BCUT2D eigenvalue weighted by Gasteiger charge is -2.12. The third-order valence-corrected chi connectivity index (χ3v) is 4.71. The number of ether oxygens (including phenoxy) is 3. The van der Waals surface area contributed by atoms with Crippen LogP contribution in [0, 0.1) is 13.8 Å². The van der Waals surface area contributed by atoms with Crippen molar-refractivity contribution < 1.29 is 23.5 Å². The van der Waals surface area contributed by atoms with Crippen molar-refractivity contribution in [3.05, 3.63) is 82.8 Å². The minimum Gasteiger partial charge on any atom is -0.493 e. The molecule has 0 spiro atoms. The summed E-state index contributed by atoms with van der Waals surface area (Å²) in [6.07, 6.45) is 2.76. The van der Waals surface area contributed by atoms with Crippen LogP contribution in [0.1, 0.15) is 41.2 Å². The third-order valence-electron chi connectivity index (χ3n) is 4.71. The molecule has 0 N–H and O–H groups in total. The van der Waals surface area contributed by atoms with E-state index in [2.05, 4.69) is 5.16 Å². The van der Waals surface area contributed by atoms with Gasteiger partial charge in [0.1, 0.15) is 18.5 Å². The maximum Gasteiger partial charge on any atom is 0.331 e. The smallest absolute Gasteiger partial charge is 0.331 e. The number of hydrogen-bond donors (Lipinski definition) is 0. The van der Waals surface area contributed by atoms with Gasteiger partial charge in [0.05, 0.1) is 18.4 Å². The highest BCUT2D eigenvalue weighted by Gasteiger charge is 2.12. The zero-order chi connectivity index (χ0) is 21.5. The van der Waals surface area contributed by atoms with Crippen molar-refractivity contribution in [2.24, 2.45) is 0 Å². The van der Waals surface area contributed by atoms with Crippen LogP contribution < -0.4 is 9.47 Å². The van der Waals surface area contributed by atoms with E-state index < -0.39 is 5.97 Å². The Labute approximate surface area is 176 Å². The number of nitrogens with zero attached hydrogens (tertiary/aromatic N) is 1. The summed E-state index contributed by atoms with van der Waals surface area (Å²) in [5.41, 5.74) is 3.45. The van der Waals surface area contributed by atoms with Gasteiger partial charge in [-0.1, -0.05) is 41.6 Å². The first-order chi connectivity index (χ1) is 14.5. The number of methoxy groups -OCH3 is 1. The van der Waals surface area contributed by atoms with Gasteiger partial charge in [-0.05, 0) is 50.1 Å². The topological polar surface area (TPSA) is 70.8 Å². The van der Waals surface area contributed by atoms with Crippen molar-refractivity contribution in [1.29, 1.82) is 0 Å². The van der Waals surface area contributed by atoms with E-state index in [4.69, 9.17) is 18.7 Å². The van der Waals surface area contributed by atoms with Crippen molar-refractivity contribution in [2.45, 2.75) is 33.5 Å². The summed E-state index contributed by atoms with van der Waals surface area (Å²) in [7, 11) is 1.57. The number of rotatable bonds is 8. The number of carbonyl (C=O) groups is 1. The van der Waals surface area contributed by atoms with Gasteiger partial charge >= 0.3 is 5.97 Å². The Morgan fingerprint density at radius 1 is 1.13 bits per heavy atom. The number of esters is 1. The van der Waals surface area contributed by atoms with Crippen LogP contribution in [0.3, 0.4) is 0 Å². The minimum absolute atomic E-state index is 0.321. The van der Waals surface area contributed by atoms with E-state index >= 15 is 0 Å². The van der Waals surface area contributed by atoms with Gasteiger partial charge in [-0.2, -0.15) is 0 Å². The van der Waals surface area contributed by atoms with Gasteiger partial charge in [0.2, 0.25) is 0 Å². The summed E-state index contributed by atoms with van der Waals surface area (Å²) in [6, 6.07) is 15.0. The maximum atomic E-state index is 12.1. The van der Waals surface area contributed by atoms with Crippen molar-refractivity contribution >= 4 is 12.0 Å². The summed E-state index contributed by atoms with van der Waals surface area (Å²) < 4.78 is 21.9. The molecule has 0 amide bonds. The highest BCUT2D eigenvalue weighted by Crippen LogP contribution is 2.30. The van der Waals surface area contributed by atoms with Crippen LogP contribution >= 0.6 is 0 Å². The standard InChI is InChI=1S/C24H25NO5/c1-16-21(18(3)30-25-16)15-28-22-12-10-19(14-23(22)27-4)11-13-24(26)29-17(2)20-8-6-5-7-9-20/h5-14,17H,15H2,1-4H3/b13-11+/t17-/m0/s1. The predicted molar refractivity (Wildman–Crippen MR) is 113 cm³/mol. The Bertz CT molecular complexity index is 1000. The lowest BCUT2D eigenvalue weighted by Crippen LogP contribution is -2.05. The van der Waals surface area contributed by atoms with E-state index in [1.54, 1.807) is 25.3 Å². The van der Waals surface area contributed by atoms with Crippen molar-refractivity contribution in [2.75, 3.05) is 7.11 Å². The SMILES string of the molecule is COc1cc(/C=C/C(=O)O[C@@H](C)c2ccccc2)ccc1OCc1c(C)noc1C. The zero-order valence-corrected chi connectivity index (χ0v) is 17.5. The molecule has 0 bridgehead atoms. The van der Waals surface area contributed by atoms with Gasteiger partial charge in [0, 0.05) is 6.08 Å². The fourth-order valence-corrected chi connectivity index (χ4v) is 2.93. The Hall–Kier alpha value is -3.54. The molecule has 0 fully saturated rings. The summed E-state index contributed by atoms with van der Waals surface area (Å²) in [5, 5.41) is 3.93. The molecular weight excluding hydrogens is 382 g/mol. The fraction of sp³-hybridized carbons (Fsp3) is 0.250. The molecule has 1 heterocycles. The lowest BCUT2D eigenvalue weighted by molar-refractivity contribution is -0.142. The number of aromatic nitrogens is 1. The molecule has 0 radical (unpaired) electrons. The second-order valence-corrected chi connectivity index (χ2v) is 6.82. The third kappa shape index (κ3) is 5.29. The summed E-state index contributed by atoms with van der Waals surface area (Å²) in [4.78, 5) is 12.1. The highest BCUT2D eigenvalue weighted by molar-refractivity contribution is 5.87. The van der Waals surface area contributed by atoms with E-state index in [-0.39, 0.29) is 6.10 Å². The second-order valence-electron chi connectivity index (χ2n) is 6.82. The molecule has 156 valence electrons. The second kappa shape index (κ2) is 9.78. The van der Waals surface area contributed by atoms with Gasteiger partial charge in [0.15, 0.2) is 11.5 Å². The monoisotopic (exact) mass is 407 g/mol. The first kappa shape index (κ1) is 21.2. The quantitative estimate of drug-likeness (QED) is 0.378. The molecular formula is C24H25NO5. The van der Waals surface area contributed by atoms with Crippen LogP contribution in [-0.2, 0) is 16.1 Å². The van der Waals surface area contributed by atoms with E-state index in [1.165, 1.54) is 6.08 Å². The fourth-order valence-electron chi connectivity index (χ4n) is 2.93. The van der Waals surface area contributed by atoms with Crippen LogP contribution in [0.15, 0.2) is 59.1 Å². The number of benzene rings is 2. The molecule has 30 heavy (non-hydrogen) atoms. The van der Waals surface area contributed by atoms with E-state index in [0.717, 1.165) is 28.1 Å². The van der Waals surface area contributed by atoms with Crippen molar-refractivity contribution in [3.63, 3.8) is 0 Å². The van der Waals surface area contributed by atoms with Gasteiger partial charge in [-0.15, -0.1) is 0 Å². The predicted octanol–water partition coefficient (Wildman–Crippen LogP) is 5.20. The van der Waals surface area contributed by atoms with E-state index in [0.29, 0.717) is 18.1 Å². The molecule has 2 aromatic carbocycles. The molecule has 0 saturated heterocycles. The van der Waals surface area contributed by atoms with Gasteiger partial charge in [0.25, 0.3) is 0 Å². The number of carbonyl (C=O) groups excluding carboxylic acids is 1. The zero-order valence-electron chi connectivity index (χ0n) is 17.5. The van der Waals surface area contributed by atoms with Gasteiger partial charge in [-0.3, -0.25) is 0 Å². The molecule has 0 aliphatic carbocycles. The summed E-state index contributed by atoms with van der Waals surface area (Å²) in [5.74, 6) is 1.48. The molecule has 3 aromatic rings. The largest absolute Gasteiger partial charge is 0.493 e. The summed E-state index contributed by atoms with van der Waals surface area (Å²) in [6.45, 7) is 5.89.